The molecule has 0 unspecified atom stereocenters. The van der Waals surface area contributed by atoms with E-state index in [1.165, 1.54) is 12.3 Å². The molecular formula is C12H7BrClFN2OS. The normalized spacial score (nSPS) is 10.3. The van der Waals surface area contributed by atoms with Gasteiger partial charge in [0.1, 0.15) is 16.6 Å². The van der Waals surface area contributed by atoms with Crippen LogP contribution in [-0.4, -0.2) is 9.97 Å². The van der Waals surface area contributed by atoms with E-state index in [-0.39, 0.29) is 21.6 Å². The molecule has 0 amide bonds. The van der Waals surface area contributed by atoms with Gasteiger partial charge in [0.05, 0.1) is 15.1 Å². The predicted molar refractivity (Wildman–Crippen MR) is 79.3 cm³/mol. The quantitative estimate of drug-likeness (QED) is 0.661. The van der Waals surface area contributed by atoms with Crippen molar-refractivity contribution in [2.24, 2.45) is 5.73 Å². The number of halogens is 3. The Kier molecular flexibility index (Phi) is 4.34. The van der Waals surface area contributed by atoms with Gasteiger partial charge in [-0.2, -0.15) is 0 Å². The molecule has 1 aromatic carbocycles. The first-order valence-corrected chi connectivity index (χ1v) is 6.64. The number of ether oxygens (including phenoxy) is 1. The molecule has 2 rings (SSSR count). The Labute approximate surface area is 127 Å². The third-order valence-corrected chi connectivity index (χ3v) is 3.35. The lowest BCUT2D eigenvalue weighted by Crippen LogP contribution is -2.11. The second-order valence-electron chi connectivity index (χ2n) is 3.52. The molecule has 0 aliphatic carbocycles. The van der Waals surface area contributed by atoms with E-state index in [2.05, 4.69) is 20.9 Å². The summed E-state index contributed by atoms with van der Waals surface area (Å²) in [6, 6.07) is 5.91. The number of thiocarbonyl (C=S) groups is 1. The van der Waals surface area contributed by atoms with E-state index in [0.717, 1.165) is 6.07 Å². The molecular weight excluding hydrogens is 355 g/mol. The molecule has 0 fully saturated rings. The van der Waals surface area contributed by atoms with Gasteiger partial charge in [-0.3, -0.25) is 0 Å². The van der Waals surface area contributed by atoms with Gasteiger partial charge in [-0.1, -0.05) is 23.8 Å². The van der Waals surface area contributed by atoms with Gasteiger partial charge in [-0.05, 0) is 34.1 Å². The van der Waals surface area contributed by atoms with Crippen LogP contribution in [0, 0.1) is 5.82 Å². The van der Waals surface area contributed by atoms with E-state index >= 15 is 0 Å². The van der Waals surface area contributed by atoms with Crippen molar-refractivity contribution in [3.63, 3.8) is 0 Å². The van der Waals surface area contributed by atoms with E-state index in [9.17, 15) is 4.39 Å². The molecule has 1 aromatic heterocycles. The first-order valence-electron chi connectivity index (χ1n) is 5.06. The van der Waals surface area contributed by atoms with Crippen LogP contribution in [0.5, 0.6) is 11.6 Å². The Bertz CT molecular complexity index is 654. The van der Waals surface area contributed by atoms with Gasteiger partial charge < -0.3 is 10.5 Å². The highest BCUT2D eigenvalue weighted by Crippen LogP contribution is 2.34. The van der Waals surface area contributed by atoms with Crippen LogP contribution in [0.1, 0.15) is 5.56 Å². The van der Waals surface area contributed by atoms with Crippen LogP contribution in [0.25, 0.3) is 0 Å². The van der Waals surface area contributed by atoms with E-state index < -0.39 is 5.82 Å². The number of nitrogens with zero attached hydrogens (tertiary/aromatic N) is 1. The summed E-state index contributed by atoms with van der Waals surface area (Å²) in [6.07, 6.45) is 1.53. The van der Waals surface area contributed by atoms with Crippen LogP contribution in [0.2, 0.25) is 5.02 Å². The smallest absolute Gasteiger partial charge is 0.229 e. The summed E-state index contributed by atoms with van der Waals surface area (Å²) in [6.45, 7) is 0. The molecule has 7 heteroatoms. The van der Waals surface area contributed by atoms with E-state index in [0.29, 0.717) is 10.0 Å². The van der Waals surface area contributed by atoms with Crippen molar-refractivity contribution in [3.8, 4) is 11.6 Å². The van der Waals surface area contributed by atoms with Gasteiger partial charge in [0.15, 0.2) is 0 Å². The van der Waals surface area contributed by atoms with Gasteiger partial charge in [0.2, 0.25) is 5.88 Å². The zero-order valence-electron chi connectivity index (χ0n) is 9.36. The number of hydrogen-bond acceptors (Lipinski definition) is 3. The Morgan fingerprint density at radius 3 is 2.89 bits per heavy atom. The Morgan fingerprint density at radius 1 is 1.47 bits per heavy atom. The van der Waals surface area contributed by atoms with Crippen molar-refractivity contribution in [3.05, 3.63) is 51.3 Å². The van der Waals surface area contributed by atoms with E-state index in [1.54, 1.807) is 12.1 Å². The van der Waals surface area contributed by atoms with Gasteiger partial charge in [0.25, 0.3) is 0 Å². The largest absolute Gasteiger partial charge is 0.437 e. The average Bonchev–Trinajstić information content (AvgIpc) is 2.36. The number of hydrogen-bond donors (Lipinski definition) is 1. The lowest BCUT2D eigenvalue weighted by Gasteiger charge is -2.10. The molecule has 98 valence electrons. The SMILES string of the molecule is NC(=S)c1cccnc1Oc1cc(F)c(Cl)cc1Br. The third-order valence-electron chi connectivity index (χ3n) is 2.22. The summed E-state index contributed by atoms with van der Waals surface area (Å²) < 4.78 is 19.4. The van der Waals surface area contributed by atoms with Gasteiger partial charge in [-0.15, -0.1) is 0 Å². The molecule has 0 saturated carbocycles. The fourth-order valence-electron chi connectivity index (χ4n) is 1.35. The van der Waals surface area contributed by atoms with Crippen molar-refractivity contribution in [1.82, 2.24) is 4.98 Å². The first-order chi connectivity index (χ1) is 8.99. The molecule has 0 radical (unpaired) electrons. The molecule has 0 aliphatic rings. The third kappa shape index (κ3) is 3.20. The lowest BCUT2D eigenvalue weighted by molar-refractivity contribution is 0.454. The Balaban J connectivity index is 2.42. The second kappa shape index (κ2) is 5.81. The minimum Gasteiger partial charge on any atom is -0.437 e. The maximum atomic E-state index is 13.4. The fourth-order valence-corrected chi connectivity index (χ4v) is 2.22. The highest BCUT2D eigenvalue weighted by atomic mass is 79.9. The summed E-state index contributed by atoms with van der Waals surface area (Å²) in [5.41, 5.74) is 6.04. The molecule has 2 aromatic rings. The fraction of sp³-hybridized carbons (Fsp3) is 0. The second-order valence-corrected chi connectivity index (χ2v) is 5.22. The molecule has 0 spiro atoms. The van der Waals surface area contributed by atoms with Crippen LogP contribution in [0.15, 0.2) is 34.9 Å². The van der Waals surface area contributed by atoms with Crippen molar-refractivity contribution in [1.29, 1.82) is 0 Å². The zero-order valence-corrected chi connectivity index (χ0v) is 12.5. The standard InChI is InChI=1S/C12H7BrClFN2OS/c13-7-4-8(14)9(15)5-10(7)18-12-6(11(16)19)2-1-3-17-12/h1-5H,(H2,16,19). The molecule has 3 nitrogen and oxygen atoms in total. The van der Waals surface area contributed by atoms with E-state index in [1.807, 2.05) is 0 Å². The lowest BCUT2D eigenvalue weighted by atomic mass is 10.2. The van der Waals surface area contributed by atoms with Gasteiger partial charge in [0, 0.05) is 12.3 Å². The number of rotatable bonds is 3. The Morgan fingerprint density at radius 2 is 2.21 bits per heavy atom. The Hall–Kier alpha value is -1.24. The average molecular weight is 362 g/mol. The molecule has 0 aliphatic heterocycles. The van der Waals surface area contributed by atoms with Crippen molar-refractivity contribution < 1.29 is 9.13 Å². The molecule has 19 heavy (non-hydrogen) atoms. The van der Waals surface area contributed by atoms with Gasteiger partial charge >= 0.3 is 0 Å². The zero-order chi connectivity index (χ0) is 14.0. The van der Waals surface area contributed by atoms with Crippen molar-refractivity contribution >= 4 is 44.7 Å². The van der Waals surface area contributed by atoms with Crippen molar-refractivity contribution in [2.75, 3.05) is 0 Å². The number of pyridine rings is 1. The summed E-state index contributed by atoms with van der Waals surface area (Å²) in [7, 11) is 0. The number of benzene rings is 1. The monoisotopic (exact) mass is 360 g/mol. The summed E-state index contributed by atoms with van der Waals surface area (Å²) in [5.74, 6) is -0.150. The van der Waals surface area contributed by atoms with E-state index in [4.69, 9.17) is 34.3 Å². The first kappa shape index (κ1) is 14.2. The summed E-state index contributed by atoms with van der Waals surface area (Å²) >= 11 is 13.8. The van der Waals surface area contributed by atoms with Crippen LogP contribution in [0.3, 0.4) is 0 Å². The molecule has 0 atom stereocenters. The molecule has 0 bridgehead atoms. The van der Waals surface area contributed by atoms with Crippen LogP contribution < -0.4 is 10.5 Å². The van der Waals surface area contributed by atoms with Crippen LogP contribution in [0.4, 0.5) is 4.39 Å². The predicted octanol–water partition coefficient (Wildman–Crippen LogP) is 4.06. The van der Waals surface area contributed by atoms with Crippen LogP contribution in [-0.2, 0) is 0 Å². The molecule has 2 N–H and O–H groups in total. The highest BCUT2D eigenvalue weighted by molar-refractivity contribution is 9.10. The van der Waals surface area contributed by atoms with Crippen molar-refractivity contribution in [2.45, 2.75) is 0 Å². The minimum absolute atomic E-state index is 0.00480. The molecule has 1 heterocycles. The minimum atomic E-state index is -0.590. The van der Waals surface area contributed by atoms with Crippen LogP contribution >= 0.6 is 39.7 Å². The topological polar surface area (TPSA) is 48.1 Å². The summed E-state index contributed by atoms with van der Waals surface area (Å²) in [5, 5.41) is -0.00480. The maximum Gasteiger partial charge on any atom is 0.229 e. The number of nitrogens with two attached hydrogens (primary N) is 1. The van der Waals surface area contributed by atoms with Gasteiger partial charge in [-0.25, -0.2) is 9.37 Å². The molecule has 0 saturated heterocycles. The summed E-state index contributed by atoms with van der Waals surface area (Å²) in [4.78, 5) is 4.17. The maximum absolute atomic E-state index is 13.4. The highest BCUT2D eigenvalue weighted by Gasteiger charge is 2.13. The number of aromatic nitrogens is 1.